The summed E-state index contributed by atoms with van der Waals surface area (Å²) >= 11 is 0. The number of carboxylic acid groups (broad SMARTS) is 1. The second-order valence-corrected chi connectivity index (χ2v) is 6.39. The fraction of sp³-hybridized carbons (Fsp3) is 0.238. The summed E-state index contributed by atoms with van der Waals surface area (Å²) in [5, 5.41) is 24.0. The van der Waals surface area contributed by atoms with Gasteiger partial charge in [-0.05, 0) is 55.0 Å². The summed E-state index contributed by atoms with van der Waals surface area (Å²) < 4.78 is 20.3. The Morgan fingerprint density at radius 1 is 1.21 bits per heavy atom. The first-order valence-corrected chi connectivity index (χ1v) is 8.86. The predicted octanol–water partition coefficient (Wildman–Crippen LogP) is 3.83. The maximum Gasteiger partial charge on any atom is 0.335 e. The lowest BCUT2D eigenvalue weighted by Crippen LogP contribution is -2.16. The normalized spacial score (nSPS) is 12.0. The third-order valence-corrected chi connectivity index (χ3v) is 4.50. The second kappa shape index (κ2) is 8.22. The Labute approximate surface area is 161 Å². The quantitative estimate of drug-likeness (QED) is 0.647. The van der Waals surface area contributed by atoms with Gasteiger partial charge in [-0.2, -0.15) is 5.10 Å². The zero-order valence-corrected chi connectivity index (χ0v) is 15.6. The highest BCUT2D eigenvalue weighted by molar-refractivity contribution is 5.90. The van der Waals surface area contributed by atoms with Gasteiger partial charge in [-0.25, -0.2) is 9.18 Å². The van der Waals surface area contributed by atoms with E-state index in [9.17, 15) is 19.4 Å². The first-order chi connectivity index (χ1) is 13.4. The van der Waals surface area contributed by atoms with Gasteiger partial charge in [-0.1, -0.05) is 6.92 Å². The Morgan fingerprint density at radius 2 is 1.93 bits per heavy atom. The number of aliphatic hydroxyl groups is 1. The summed E-state index contributed by atoms with van der Waals surface area (Å²) in [5.41, 5.74) is 2.56. The summed E-state index contributed by atoms with van der Waals surface area (Å²) in [6.07, 6.45) is -0.0465. The van der Waals surface area contributed by atoms with Gasteiger partial charge in [0.2, 0.25) is 0 Å². The van der Waals surface area contributed by atoms with Crippen molar-refractivity contribution in [2.75, 3.05) is 7.11 Å². The Balaban J connectivity index is 2.15. The molecule has 0 saturated carbocycles. The molecule has 0 fully saturated rings. The zero-order chi connectivity index (χ0) is 20.3. The molecular weight excluding hydrogens is 363 g/mol. The van der Waals surface area contributed by atoms with Crippen molar-refractivity contribution in [2.45, 2.75) is 26.0 Å². The van der Waals surface area contributed by atoms with Crippen molar-refractivity contribution in [2.24, 2.45) is 0 Å². The molecule has 0 unspecified atom stereocenters. The van der Waals surface area contributed by atoms with Crippen LogP contribution in [0.5, 0.6) is 5.75 Å². The standard InChI is InChI=1S/C21H21FN2O4/c1-3-16(25)12-24-19(13-4-7-15(22)8-5-13)11-18(23-24)17-10-14(21(26)27)6-9-20(17)28-2/h4-11,16,25H,3,12H2,1-2H3,(H,26,27)/t16-/m1/s1. The molecule has 6 nitrogen and oxygen atoms in total. The van der Waals surface area contributed by atoms with Crippen LogP contribution in [0.2, 0.25) is 0 Å². The number of aromatic nitrogens is 2. The minimum Gasteiger partial charge on any atom is -0.496 e. The van der Waals surface area contributed by atoms with Gasteiger partial charge in [0.15, 0.2) is 0 Å². The number of hydrogen-bond acceptors (Lipinski definition) is 4. The predicted molar refractivity (Wildman–Crippen MR) is 103 cm³/mol. The molecule has 3 aromatic rings. The number of ether oxygens (including phenoxy) is 1. The molecule has 0 radical (unpaired) electrons. The van der Waals surface area contributed by atoms with E-state index in [1.54, 1.807) is 28.9 Å². The fourth-order valence-corrected chi connectivity index (χ4v) is 2.91. The average Bonchev–Trinajstić information content (AvgIpc) is 3.11. The molecule has 0 aliphatic heterocycles. The third kappa shape index (κ3) is 4.04. The molecule has 7 heteroatoms. The molecule has 0 aliphatic carbocycles. The molecule has 0 spiro atoms. The summed E-state index contributed by atoms with van der Waals surface area (Å²) in [5.74, 6) is -0.917. The largest absolute Gasteiger partial charge is 0.496 e. The Bertz CT molecular complexity index is 983. The van der Waals surface area contributed by atoms with E-state index < -0.39 is 12.1 Å². The monoisotopic (exact) mass is 384 g/mol. The number of halogens is 1. The number of carbonyl (C=O) groups is 1. The number of nitrogens with zero attached hydrogens (tertiary/aromatic N) is 2. The highest BCUT2D eigenvalue weighted by Gasteiger charge is 2.18. The van der Waals surface area contributed by atoms with Crippen molar-refractivity contribution in [3.8, 4) is 28.3 Å². The van der Waals surface area contributed by atoms with Gasteiger partial charge >= 0.3 is 5.97 Å². The highest BCUT2D eigenvalue weighted by atomic mass is 19.1. The van der Waals surface area contributed by atoms with Crippen molar-refractivity contribution in [3.05, 3.63) is 59.9 Å². The van der Waals surface area contributed by atoms with Crippen LogP contribution in [-0.2, 0) is 6.54 Å². The van der Waals surface area contributed by atoms with Crippen LogP contribution in [0.25, 0.3) is 22.5 Å². The van der Waals surface area contributed by atoms with E-state index in [0.717, 1.165) is 5.56 Å². The van der Waals surface area contributed by atoms with Crippen molar-refractivity contribution < 1.29 is 24.1 Å². The first kappa shape index (κ1) is 19.6. The Hall–Kier alpha value is -3.19. The highest BCUT2D eigenvalue weighted by Crippen LogP contribution is 2.33. The van der Waals surface area contributed by atoms with Crippen LogP contribution in [0.3, 0.4) is 0 Å². The molecule has 2 aromatic carbocycles. The molecular formula is C21H21FN2O4. The van der Waals surface area contributed by atoms with Crippen LogP contribution in [0.1, 0.15) is 23.7 Å². The van der Waals surface area contributed by atoms with E-state index in [0.29, 0.717) is 29.1 Å². The van der Waals surface area contributed by atoms with E-state index in [4.69, 9.17) is 4.74 Å². The van der Waals surface area contributed by atoms with Gasteiger partial charge < -0.3 is 14.9 Å². The Morgan fingerprint density at radius 3 is 2.54 bits per heavy atom. The maximum absolute atomic E-state index is 13.3. The van der Waals surface area contributed by atoms with E-state index in [1.165, 1.54) is 31.4 Å². The van der Waals surface area contributed by atoms with Crippen LogP contribution in [0, 0.1) is 5.82 Å². The van der Waals surface area contributed by atoms with E-state index in [2.05, 4.69) is 5.10 Å². The molecule has 28 heavy (non-hydrogen) atoms. The van der Waals surface area contributed by atoms with Crippen LogP contribution >= 0.6 is 0 Å². The number of aliphatic hydroxyl groups excluding tert-OH is 1. The smallest absolute Gasteiger partial charge is 0.335 e. The second-order valence-electron chi connectivity index (χ2n) is 6.39. The van der Waals surface area contributed by atoms with Gasteiger partial charge in [-0.3, -0.25) is 4.68 Å². The lowest BCUT2D eigenvalue weighted by atomic mass is 10.1. The van der Waals surface area contributed by atoms with Gasteiger partial charge in [0.25, 0.3) is 0 Å². The fourth-order valence-electron chi connectivity index (χ4n) is 2.91. The summed E-state index contributed by atoms with van der Waals surface area (Å²) in [7, 11) is 1.50. The summed E-state index contributed by atoms with van der Waals surface area (Å²) in [6, 6.07) is 12.3. The van der Waals surface area contributed by atoms with Crippen molar-refractivity contribution in [1.82, 2.24) is 9.78 Å². The van der Waals surface area contributed by atoms with Gasteiger partial charge in [0.05, 0.1) is 36.7 Å². The Kier molecular flexibility index (Phi) is 5.75. The first-order valence-electron chi connectivity index (χ1n) is 8.86. The molecule has 0 saturated heterocycles. The van der Waals surface area contributed by atoms with Crippen LogP contribution in [0.4, 0.5) is 4.39 Å². The molecule has 2 N–H and O–H groups in total. The zero-order valence-electron chi connectivity index (χ0n) is 15.6. The van der Waals surface area contributed by atoms with Gasteiger partial charge in [-0.15, -0.1) is 0 Å². The van der Waals surface area contributed by atoms with Crippen molar-refractivity contribution in [1.29, 1.82) is 0 Å². The molecule has 1 heterocycles. The number of hydrogen-bond donors (Lipinski definition) is 2. The summed E-state index contributed by atoms with van der Waals surface area (Å²) in [6.45, 7) is 2.12. The van der Waals surface area contributed by atoms with Crippen LogP contribution < -0.4 is 4.74 Å². The van der Waals surface area contributed by atoms with E-state index in [-0.39, 0.29) is 17.9 Å². The molecule has 1 atom stereocenters. The average molecular weight is 384 g/mol. The minimum absolute atomic E-state index is 0.113. The lowest BCUT2D eigenvalue weighted by molar-refractivity contribution is 0.0697. The van der Waals surface area contributed by atoms with E-state index >= 15 is 0 Å². The number of benzene rings is 2. The maximum atomic E-state index is 13.3. The third-order valence-electron chi connectivity index (χ3n) is 4.50. The number of carboxylic acids is 1. The molecule has 0 aliphatic rings. The SMILES string of the molecule is CC[C@@H](O)Cn1nc(-c2cc(C(=O)O)ccc2OC)cc1-c1ccc(F)cc1. The van der Waals surface area contributed by atoms with E-state index in [1.807, 2.05) is 6.92 Å². The summed E-state index contributed by atoms with van der Waals surface area (Å²) in [4.78, 5) is 11.4. The topological polar surface area (TPSA) is 84.6 Å². The minimum atomic E-state index is -1.05. The van der Waals surface area contributed by atoms with Gasteiger partial charge in [0, 0.05) is 11.1 Å². The van der Waals surface area contributed by atoms with Crippen molar-refractivity contribution >= 4 is 5.97 Å². The molecule has 0 bridgehead atoms. The number of aromatic carboxylic acids is 1. The number of rotatable bonds is 7. The van der Waals surface area contributed by atoms with Gasteiger partial charge in [0.1, 0.15) is 11.6 Å². The van der Waals surface area contributed by atoms with Crippen LogP contribution in [0.15, 0.2) is 48.5 Å². The molecule has 146 valence electrons. The molecule has 1 aromatic heterocycles. The van der Waals surface area contributed by atoms with Crippen LogP contribution in [-0.4, -0.2) is 39.2 Å². The molecule has 0 amide bonds. The van der Waals surface area contributed by atoms with Crippen molar-refractivity contribution in [3.63, 3.8) is 0 Å². The number of methoxy groups -OCH3 is 1. The lowest BCUT2D eigenvalue weighted by Gasteiger charge is -2.11. The molecule has 3 rings (SSSR count).